The number of aromatic nitrogens is 2. The van der Waals surface area contributed by atoms with Gasteiger partial charge in [-0.3, -0.25) is 9.36 Å². The van der Waals surface area contributed by atoms with Crippen LogP contribution in [0.2, 0.25) is 0 Å². The molecule has 2 aromatic carbocycles. The minimum absolute atomic E-state index is 0.0693. The van der Waals surface area contributed by atoms with Crippen molar-refractivity contribution in [2.24, 2.45) is 28.2 Å². The van der Waals surface area contributed by atoms with Crippen molar-refractivity contribution in [2.75, 3.05) is 18.4 Å². The summed E-state index contributed by atoms with van der Waals surface area (Å²) < 4.78 is 14.9. The Kier molecular flexibility index (Phi) is 7.39. The SMILES string of the molecule is CC1CN(C(=NC2CC3CC(C2C)C3(C)C)Nc2ccc3c(=O)n(CCc4ccc(F)cc4)cnc3c2)CC(C)N1. The summed E-state index contributed by atoms with van der Waals surface area (Å²) >= 11 is 0. The second kappa shape index (κ2) is 10.9. The first-order chi connectivity index (χ1) is 19.6. The highest BCUT2D eigenvalue weighted by atomic mass is 19.1. The first kappa shape index (κ1) is 27.9. The number of fused-ring (bicyclic) bond motifs is 3. The summed E-state index contributed by atoms with van der Waals surface area (Å²) in [5.74, 6) is 2.69. The van der Waals surface area contributed by atoms with Gasteiger partial charge in [0.1, 0.15) is 5.82 Å². The van der Waals surface area contributed by atoms with Gasteiger partial charge in [0.25, 0.3) is 5.56 Å². The number of piperazine rings is 1. The van der Waals surface area contributed by atoms with Crippen molar-refractivity contribution in [1.29, 1.82) is 0 Å². The van der Waals surface area contributed by atoms with E-state index in [2.05, 4.69) is 55.1 Å². The molecule has 7 rings (SSSR count). The molecule has 0 amide bonds. The van der Waals surface area contributed by atoms with Crippen LogP contribution in [-0.4, -0.2) is 51.6 Å². The molecule has 6 unspecified atom stereocenters. The molecule has 6 atom stereocenters. The molecule has 3 aliphatic carbocycles. The van der Waals surface area contributed by atoms with Gasteiger partial charge in [0.15, 0.2) is 5.96 Å². The molecule has 0 radical (unpaired) electrons. The van der Waals surface area contributed by atoms with E-state index in [0.717, 1.165) is 48.6 Å². The van der Waals surface area contributed by atoms with Crippen molar-refractivity contribution in [3.05, 3.63) is 70.5 Å². The van der Waals surface area contributed by atoms with Gasteiger partial charge in [-0.25, -0.2) is 14.4 Å². The number of benzene rings is 2. The minimum atomic E-state index is -0.259. The average Bonchev–Trinajstić information content (AvgIpc) is 2.93. The van der Waals surface area contributed by atoms with E-state index < -0.39 is 0 Å². The summed E-state index contributed by atoms with van der Waals surface area (Å²) in [6.07, 6.45) is 4.73. The van der Waals surface area contributed by atoms with E-state index in [-0.39, 0.29) is 11.4 Å². The van der Waals surface area contributed by atoms with Crippen LogP contribution in [0.5, 0.6) is 0 Å². The maximum absolute atomic E-state index is 13.2. The lowest BCUT2D eigenvalue weighted by atomic mass is 9.45. The quantitative estimate of drug-likeness (QED) is 0.329. The number of halogens is 1. The predicted molar refractivity (Wildman–Crippen MR) is 164 cm³/mol. The van der Waals surface area contributed by atoms with Gasteiger partial charge in [-0.05, 0) is 92.2 Å². The standard InChI is InChI=1S/C33H43FN6O/c1-20-17-40(18-21(2)36-20)32(38-29-15-24-14-28(22(29)3)33(24,4)5)37-26-10-11-27-30(16-26)35-19-39(31(27)41)13-12-23-6-8-25(34)9-7-23/h6-11,16,19-22,24,28-29,36H,12-15,17-18H2,1-5H3,(H,37,38). The highest BCUT2D eigenvalue weighted by molar-refractivity contribution is 5.96. The van der Waals surface area contributed by atoms with Gasteiger partial charge in [0.05, 0.1) is 23.3 Å². The van der Waals surface area contributed by atoms with E-state index >= 15 is 0 Å². The van der Waals surface area contributed by atoms with Crippen LogP contribution in [0.1, 0.15) is 53.0 Å². The molecule has 3 saturated carbocycles. The lowest BCUT2D eigenvalue weighted by molar-refractivity contribution is -0.108. The molecule has 7 nitrogen and oxygen atoms in total. The highest BCUT2D eigenvalue weighted by Gasteiger charge is 2.56. The van der Waals surface area contributed by atoms with Gasteiger partial charge < -0.3 is 15.5 Å². The minimum Gasteiger partial charge on any atom is -0.340 e. The predicted octanol–water partition coefficient (Wildman–Crippen LogP) is 5.30. The highest BCUT2D eigenvalue weighted by Crippen LogP contribution is 2.61. The number of aryl methyl sites for hydroxylation is 2. The maximum Gasteiger partial charge on any atom is 0.261 e. The summed E-state index contributed by atoms with van der Waals surface area (Å²) in [4.78, 5) is 25.7. The molecule has 1 saturated heterocycles. The van der Waals surface area contributed by atoms with Crippen molar-refractivity contribution in [1.82, 2.24) is 19.8 Å². The third-order valence-corrected chi connectivity index (χ3v) is 10.1. The lowest BCUT2D eigenvalue weighted by Gasteiger charge is -2.61. The molecule has 218 valence electrons. The van der Waals surface area contributed by atoms with Gasteiger partial charge in [-0.2, -0.15) is 0 Å². The molecule has 1 aromatic heterocycles. The summed E-state index contributed by atoms with van der Waals surface area (Å²) in [5, 5.41) is 7.88. The third kappa shape index (κ3) is 5.51. The number of guanidine groups is 1. The fourth-order valence-electron chi connectivity index (χ4n) is 7.57. The molecule has 2 N–H and O–H groups in total. The van der Waals surface area contributed by atoms with E-state index in [9.17, 15) is 9.18 Å². The third-order valence-electron chi connectivity index (χ3n) is 10.1. The number of nitrogens with one attached hydrogen (secondary N) is 2. The Morgan fingerprint density at radius 1 is 1.10 bits per heavy atom. The van der Waals surface area contributed by atoms with Crippen LogP contribution < -0.4 is 16.2 Å². The van der Waals surface area contributed by atoms with E-state index in [1.807, 2.05) is 18.2 Å². The van der Waals surface area contributed by atoms with Crippen molar-refractivity contribution < 1.29 is 4.39 Å². The van der Waals surface area contributed by atoms with Crippen LogP contribution in [0, 0.1) is 29.0 Å². The number of hydrogen-bond acceptors (Lipinski definition) is 4. The van der Waals surface area contributed by atoms with E-state index in [1.165, 1.54) is 18.6 Å². The number of aliphatic imine (C=N–C) groups is 1. The smallest absolute Gasteiger partial charge is 0.261 e. The molecule has 2 bridgehead atoms. The second-order valence-electron chi connectivity index (χ2n) is 13.3. The molecule has 3 aromatic rings. The van der Waals surface area contributed by atoms with Crippen molar-refractivity contribution in [3.63, 3.8) is 0 Å². The van der Waals surface area contributed by atoms with Gasteiger partial charge >= 0.3 is 0 Å². The Bertz CT molecular complexity index is 1490. The first-order valence-electron chi connectivity index (χ1n) is 15.2. The maximum atomic E-state index is 13.2. The Morgan fingerprint density at radius 3 is 2.51 bits per heavy atom. The lowest BCUT2D eigenvalue weighted by Crippen LogP contribution is -2.59. The Morgan fingerprint density at radius 2 is 1.83 bits per heavy atom. The topological polar surface area (TPSA) is 74.5 Å². The van der Waals surface area contributed by atoms with Crippen LogP contribution in [-0.2, 0) is 13.0 Å². The van der Waals surface area contributed by atoms with Crippen molar-refractivity contribution in [3.8, 4) is 0 Å². The Labute approximate surface area is 242 Å². The summed E-state index contributed by atoms with van der Waals surface area (Å²) in [5.41, 5.74) is 2.88. The van der Waals surface area contributed by atoms with Crippen LogP contribution in [0.4, 0.5) is 10.1 Å². The summed E-state index contributed by atoms with van der Waals surface area (Å²) in [6.45, 7) is 14.0. The molecule has 8 heteroatoms. The Hall–Kier alpha value is -3.26. The molecule has 1 aliphatic heterocycles. The Balaban J connectivity index is 1.24. The van der Waals surface area contributed by atoms with Gasteiger partial charge in [0.2, 0.25) is 0 Å². The van der Waals surface area contributed by atoms with Gasteiger partial charge in [-0.15, -0.1) is 0 Å². The zero-order valence-electron chi connectivity index (χ0n) is 24.9. The number of rotatable bonds is 5. The molecule has 4 fully saturated rings. The number of hydrogen-bond donors (Lipinski definition) is 2. The molecule has 41 heavy (non-hydrogen) atoms. The molecule has 4 aliphatic rings. The monoisotopic (exact) mass is 558 g/mol. The fourth-order valence-corrected chi connectivity index (χ4v) is 7.57. The van der Waals surface area contributed by atoms with Crippen molar-refractivity contribution in [2.45, 2.75) is 78.6 Å². The van der Waals surface area contributed by atoms with Crippen LogP contribution in [0.15, 0.2) is 58.6 Å². The zero-order valence-corrected chi connectivity index (χ0v) is 24.9. The normalized spacial score (nSPS) is 29.3. The number of anilines is 1. The van der Waals surface area contributed by atoms with Gasteiger partial charge in [-0.1, -0.05) is 32.9 Å². The first-order valence-corrected chi connectivity index (χ1v) is 15.2. The summed E-state index contributed by atoms with van der Waals surface area (Å²) in [6, 6.07) is 13.2. The van der Waals surface area contributed by atoms with E-state index in [1.54, 1.807) is 23.0 Å². The van der Waals surface area contributed by atoms with Crippen LogP contribution in [0.3, 0.4) is 0 Å². The molecular weight excluding hydrogens is 515 g/mol. The molecule has 2 heterocycles. The largest absolute Gasteiger partial charge is 0.340 e. The molecule has 0 spiro atoms. The van der Waals surface area contributed by atoms with E-state index in [0.29, 0.717) is 53.3 Å². The van der Waals surface area contributed by atoms with Crippen molar-refractivity contribution >= 4 is 22.5 Å². The number of nitrogens with zero attached hydrogens (tertiary/aromatic N) is 4. The summed E-state index contributed by atoms with van der Waals surface area (Å²) in [7, 11) is 0. The van der Waals surface area contributed by atoms with Crippen LogP contribution >= 0.6 is 0 Å². The zero-order chi connectivity index (χ0) is 28.9. The van der Waals surface area contributed by atoms with E-state index in [4.69, 9.17) is 4.99 Å². The molecular formula is C33H43FN6O. The second-order valence-corrected chi connectivity index (χ2v) is 13.3. The fraction of sp³-hybridized carbons (Fsp3) is 0.545. The van der Waals surface area contributed by atoms with Crippen LogP contribution in [0.25, 0.3) is 10.9 Å². The average molecular weight is 559 g/mol. The van der Waals surface area contributed by atoms with Gasteiger partial charge in [0, 0.05) is 37.4 Å².